The molecule has 12 nitrogen and oxygen atoms in total. The molecule has 272 valence electrons. The molecule has 50 heavy (non-hydrogen) atoms. The van der Waals surface area contributed by atoms with Gasteiger partial charge in [-0.05, 0) is 95.6 Å². The number of carbonyl (C=O) groups is 3. The Kier molecular flexibility index (Phi) is 11.7. The normalized spacial score (nSPS) is 34.4. The van der Waals surface area contributed by atoms with E-state index in [0.717, 1.165) is 30.5 Å². The summed E-state index contributed by atoms with van der Waals surface area (Å²) >= 11 is 0. The van der Waals surface area contributed by atoms with E-state index < -0.39 is 53.1 Å². The van der Waals surface area contributed by atoms with Gasteiger partial charge in [0.1, 0.15) is 23.5 Å². The van der Waals surface area contributed by atoms with Crippen LogP contribution in [0.25, 0.3) is 11.3 Å². The number of aromatic nitrogens is 3. The summed E-state index contributed by atoms with van der Waals surface area (Å²) < 4.78 is 20.2. The number of unbranched alkanes of at least 4 members (excludes halogenated alkanes) is 1. The number of benzene rings is 1. The number of esters is 1. The smallest absolute Gasteiger partial charge is 0.410 e. The zero-order valence-electron chi connectivity index (χ0n) is 30.8. The second-order valence-electron chi connectivity index (χ2n) is 15.3. The molecule has 1 aromatic heterocycles. The number of cyclic esters (lactones) is 1. The molecule has 1 saturated carbocycles. The van der Waals surface area contributed by atoms with E-state index in [0.29, 0.717) is 50.5 Å². The Hall–Kier alpha value is -3.45. The van der Waals surface area contributed by atoms with E-state index in [-0.39, 0.29) is 17.7 Å². The van der Waals surface area contributed by atoms with Gasteiger partial charge >= 0.3 is 12.1 Å². The van der Waals surface area contributed by atoms with Crippen LogP contribution in [-0.4, -0.2) is 95.2 Å². The summed E-state index contributed by atoms with van der Waals surface area (Å²) in [6.07, 6.45) is 5.25. The number of nitrogens with zero attached hydrogens (tertiary/aromatic N) is 4. The molecule has 1 amide bonds. The molecule has 5 rings (SSSR count). The average Bonchev–Trinajstić information content (AvgIpc) is 3.76. The number of amides is 1. The summed E-state index contributed by atoms with van der Waals surface area (Å²) in [4.78, 5) is 42.9. The fourth-order valence-corrected chi connectivity index (χ4v) is 8.07. The lowest BCUT2D eigenvalue weighted by atomic mass is 9.62. The molecular weight excluding hydrogens is 635 g/mol. The van der Waals surface area contributed by atoms with Crippen molar-refractivity contribution in [3.05, 3.63) is 30.5 Å². The predicted octanol–water partition coefficient (Wildman–Crippen LogP) is 4.82. The van der Waals surface area contributed by atoms with E-state index >= 15 is 0 Å². The molecule has 1 aromatic carbocycles. The van der Waals surface area contributed by atoms with Crippen LogP contribution in [0.5, 0.6) is 0 Å². The van der Waals surface area contributed by atoms with Crippen LogP contribution in [-0.2, 0) is 30.3 Å². The monoisotopic (exact) mass is 690 g/mol. The first-order valence-corrected chi connectivity index (χ1v) is 18.3. The standard InChI is InChI=1S/C37H55BN6O6/c1-8-29-37(6)33(44(35(47)50-37)17-10-9-16-43-21-28(41-42-43)26-12-11-13-27(39)18-26)30(25-14-15-25)40-20-22(2)19-36(5,48-7)32(38)23(3)31(45)24(4)34(46)49-29/h11-13,18,21-25,29-30,32-33,40H,8-10,14-17,19-20,39H2,1-7H3/t22-,23+,24-,29-,30?,32-,33-,36-,37-/m1/s1. The van der Waals surface area contributed by atoms with Crippen molar-refractivity contribution < 1.29 is 28.6 Å². The minimum atomic E-state index is -1.14. The Bertz CT molecular complexity index is 1520. The molecule has 2 saturated heterocycles. The number of fused-ring (bicyclic) bond motifs is 1. The van der Waals surface area contributed by atoms with Crippen LogP contribution in [0.1, 0.15) is 80.1 Å². The molecule has 0 spiro atoms. The van der Waals surface area contributed by atoms with Crippen molar-refractivity contribution in [2.75, 3.05) is 25.9 Å². The Labute approximate surface area is 297 Å². The molecule has 1 unspecified atom stereocenters. The summed E-state index contributed by atoms with van der Waals surface area (Å²) in [5.74, 6) is -2.78. The molecule has 3 heterocycles. The Morgan fingerprint density at radius 2 is 1.84 bits per heavy atom. The van der Waals surface area contributed by atoms with Gasteiger partial charge in [-0.2, -0.15) is 0 Å². The number of nitrogens with two attached hydrogens (primary N) is 1. The third kappa shape index (κ3) is 7.88. The van der Waals surface area contributed by atoms with Crippen molar-refractivity contribution in [1.82, 2.24) is 25.2 Å². The van der Waals surface area contributed by atoms with E-state index in [9.17, 15) is 14.4 Å². The van der Waals surface area contributed by atoms with Gasteiger partial charge in [-0.15, -0.1) is 5.10 Å². The molecule has 2 aliphatic heterocycles. The van der Waals surface area contributed by atoms with E-state index in [2.05, 4.69) is 22.6 Å². The van der Waals surface area contributed by atoms with E-state index in [1.54, 1.807) is 25.6 Å². The molecule has 3 N–H and O–H groups in total. The van der Waals surface area contributed by atoms with Crippen molar-refractivity contribution in [2.24, 2.45) is 23.7 Å². The highest BCUT2D eigenvalue weighted by atomic mass is 16.6. The van der Waals surface area contributed by atoms with E-state index in [4.69, 9.17) is 27.8 Å². The van der Waals surface area contributed by atoms with E-state index in [1.807, 2.05) is 56.1 Å². The summed E-state index contributed by atoms with van der Waals surface area (Å²) in [6.45, 7) is 12.9. The lowest BCUT2D eigenvalue weighted by Crippen LogP contribution is -2.62. The number of rotatable bonds is 9. The number of carbonyl (C=O) groups excluding carboxylic acids is 3. The molecule has 9 atom stereocenters. The summed E-state index contributed by atoms with van der Waals surface area (Å²) in [6, 6.07) is 7.04. The molecule has 2 aromatic rings. The number of Topliss-reactive ketones (excluding diaryl/α,β-unsaturated/α-hetero) is 1. The van der Waals surface area contributed by atoms with Crippen LogP contribution in [0.15, 0.2) is 30.5 Å². The van der Waals surface area contributed by atoms with Gasteiger partial charge in [-0.25, -0.2) is 4.79 Å². The molecular formula is C37H55BN6O6. The average molecular weight is 691 g/mol. The van der Waals surface area contributed by atoms with Crippen molar-refractivity contribution in [3.63, 3.8) is 0 Å². The molecule has 2 radical (unpaired) electrons. The molecule has 0 bridgehead atoms. The zero-order chi connectivity index (χ0) is 36.4. The van der Waals surface area contributed by atoms with Gasteiger partial charge in [0, 0.05) is 43.4 Å². The first-order chi connectivity index (χ1) is 23.7. The summed E-state index contributed by atoms with van der Waals surface area (Å²) in [5.41, 5.74) is 6.32. The van der Waals surface area contributed by atoms with Crippen LogP contribution in [0.3, 0.4) is 0 Å². The quantitative estimate of drug-likeness (QED) is 0.123. The van der Waals surface area contributed by atoms with Crippen LogP contribution < -0.4 is 11.1 Å². The molecule has 3 fully saturated rings. The number of anilines is 1. The first-order valence-electron chi connectivity index (χ1n) is 18.3. The summed E-state index contributed by atoms with van der Waals surface area (Å²) in [5, 5.41) is 12.5. The van der Waals surface area contributed by atoms with Gasteiger partial charge < -0.3 is 25.3 Å². The summed E-state index contributed by atoms with van der Waals surface area (Å²) in [7, 11) is 8.33. The fourth-order valence-electron chi connectivity index (χ4n) is 8.07. The van der Waals surface area contributed by atoms with Crippen LogP contribution in [0.4, 0.5) is 10.5 Å². The third-order valence-corrected chi connectivity index (χ3v) is 11.4. The number of ketones is 1. The second-order valence-corrected chi connectivity index (χ2v) is 15.3. The Balaban J connectivity index is 1.39. The van der Waals surface area contributed by atoms with Gasteiger partial charge in [0.2, 0.25) is 0 Å². The Morgan fingerprint density at radius 3 is 2.50 bits per heavy atom. The molecule has 1 aliphatic carbocycles. The van der Waals surface area contributed by atoms with Gasteiger partial charge in [0.15, 0.2) is 5.60 Å². The van der Waals surface area contributed by atoms with Gasteiger partial charge in [-0.1, -0.05) is 38.1 Å². The number of aryl methyl sites for hydroxylation is 1. The predicted molar refractivity (Wildman–Crippen MR) is 191 cm³/mol. The highest BCUT2D eigenvalue weighted by Crippen LogP contribution is 2.45. The van der Waals surface area contributed by atoms with Crippen molar-refractivity contribution in [2.45, 2.75) is 122 Å². The number of methoxy groups -OCH3 is 1. The fraction of sp³-hybridized carbons (Fsp3) is 0.703. The SMILES string of the molecule is [B][C@@H]1[C@@H](C)C(=O)[C@@H](C)C(=O)O[C@H](CC)[C@@]2(C)OC(=O)N(CCCCn3cc(-c4cccc(N)c4)nn3)[C@@H]2C(C2CC2)NC[C@H](C)C[C@@]1(C)OC. The second kappa shape index (κ2) is 15.4. The highest BCUT2D eigenvalue weighted by Gasteiger charge is 2.61. The van der Waals surface area contributed by atoms with Crippen molar-refractivity contribution >= 4 is 31.4 Å². The lowest BCUT2D eigenvalue weighted by molar-refractivity contribution is -0.170. The zero-order valence-corrected chi connectivity index (χ0v) is 30.8. The topological polar surface area (TPSA) is 151 Å². The lowest BCUT2D eigenvalue weighted by Gasteiger charge is -2.42. The number of hydrogen-bond donors (Lipinski definition) is 2. The number of nitrogen functional groups attached to an aromatic ring is 1. The third-order valence-electron chi connectivity index (χ3n) is 11.4. The van der Waals surface area contributed by atoms with Gasteiger partial charge in [0.05, 0.1) is 25.7 Å². The maximum atomic E-state index is 13.8. The van der Waals surface area contributed by atoms with E-state index in [1.165, 1.54) is 0 Å². The largest absolute Gasteiger partial charge is 0.458 e. The molecule has 13 heteroatoms. The first kappa shape index (κ1) is 37.8. The van der Waals surface area contributed by atoms with Crippen molar-refractivity contribution in [1.29, 1.82) is 0 Å². The number of ether oxygens (including phenoxy) is 3. The van der Waals surface area contributed by atoms with Crippen LogP contribution in [0, 0.1) is 23.7 Å². The number of hydrogen-bond acceptors (Lipinski definition) is 10. The number of nitrogens with one attached hydrogen (secondary N) is 1. The maximum Gasteiger partial charge on any atom is 0.410 e. The highest BCUT2D eigenvalue weighted by molar-refractivity contribution is 6.15. The minimum Gasteiger partial charge on any atom is -0.458 e. The molecule has 3 aliphatic rings. The Morgan fingerprint density at radius 1 is 1.12 bits per heavy atom. The minimum absolute atomic E-state index is 0.0941. The van der Waals surface area contributed by atoms with Crippen LogP contribution in [0.2, 0.25) is 5.82 Å². The van der Waals surface area contributed by atoms with Crippen LogP contribution >= 0.6 is 0 Å². The van der Waals surface area contributed by atoms with Gasteiger partial charge in [0.25, 0.3) is 0 Å². The maximum absolute atomic E-state index is 13.8. The van der Waals surface area contributed by atoms with Gasteiger partial charge in [-0.3, -0.25) is 19.2 Å². The van der Waals surface area contributed by atoms with Crippen molar-refractivity contribution in [3.8, 4) is 11.3 Å².